The summed E-state index contributed by atoms with van der Waals surface area (Å²) in [5.74, 6) is -0.662. The van der Waals surface area contributed by atoms with Crippen LogP contribution in [-0.4, -0.2) is 26.4 Å². The minimum Gasteiger partial charge on any atom is -0.503 e. The maximum Gasteiger partial charge on any atom is 0.237 e. The number of rotatable bonds is 6. The van der Waals surface area contributed by atoms with Gasteiger partial charge in [-0.3, -0.25) is 4.57 Å². The lowest BCUT2D eigenvalue weighted by molar-refractivity contribution is 0.346. The standard InChI is InChI=1S/C10H18N2O3/c11-5-3-1-2-4-6-12-9(14)7-8(13)10(12)15/h7,13-15H,1-6,11H2. The van der Waals surface area contributed by atoms with Crippen LogP contribution in [-0.2, 0) is 6.54 Å². The Labute approximate surface area is 88.8 Å². The molecule has 5 N–H and O–H groups in total. The second-order valence-corrected chi connectivity index (χ2v) is 3.57. The number of aromatic hydroxyl groups is 3. The van der Waals surface area contributed by atoms with Crippen molar-refractivity contribution in [1.82, 2.24) is 4.57 Å². The van der Waals surface area contributed by atoms with Crippen molar-refractivity contribution in [3.05, 3.63) is 6.07 Å². The highest BCUT2D eigenvalue weighted by Crippen LogP contribution is 2.33. The van der Waals surface area contributed by atoms with Gasteiger partial charge in [-0.2, -0.15) is 0 Å². The van der Waals surface area contributed by atoms with E-state index in [4.69, 9.17) is 10.8 Å². The molecule has 86 valence electrons. The van der Waals surface area contributed by atoms with Crippen LogP contribution in [0.1, 0.15) is 25.7 Å². The van der Waals surface area contributed by atoms with Crippen molar-refractivity contribution in [2.45, 2.75) is 32.2 Å². The van der Waals surface area contributed by atoms with E-state index < -0.39 is 0 Å². The molecule has 0 atom stereocenters. The molecule has 0 amide bonds. The van der Waals surface area contributed by atoms with Crippen LogP contribution in [0.15, 0.2) is 6.07 Å². The Morgan fingerprint density at radius 3 is 2.27 bits per heavy atom. The number of nitrogens with two attached hydrogens (primary N) is 1. The molecule has 0 spiro atoms. The summed E-state index contributed by atoms with van der Waals surface area (Å²) in [6, 6.07) is 1.13. The molecule has 0 radical (unpaired) electrons. The average Bonchev–Trinajstić information content (AvgIpc) is 2.44. The summed E-state index contributed by atoms with van der Waals surface area (Å²) in [4.78, 5) is 0. The van der Waals surface area contributed by atoms with Gasteiger partial charge in [0.2, 0.25) is 5.88 Å². The number of unbranched alkanes of at least 4 members (excludes halogenated alkanes) is 3. The van der Waals surface area contributed by atoms with E-state index in [0.717, 1.165) is 31.7 Å². The molecule has 1 heterocycles. The second kappa shape index (κ2) is 5.50. The molecule has 5 nitrogen and oxygen atoms in total. The van der Waals surface area contributed by atoms with Gasteiger partial charge in [0, 0.05) is 12.6 Å². The Morgan fingerprint density at radius 1 is 1.07 bits per heavy atom. The maximum atomic E-state index is 9.35. The second-order valence-electron chi connectivity index (χ2n) is 3.57. The minimum absolute atomic E-state index is 0.108. The Kier molecular flexibility index (Phi) is 4.30. The van der Waals surface area contributed by atoms with Crippen molar-refractivity contribution in [3.8, 4) is 17.5 Å². The highest BCUT2D eigenvalue weighted by molar-refractivity contribution is 5.39. The van der Waals surface area contributed by atoms with E-state index in [0.29, 0.717) is 13.1 Å². The average molecular weight is 214 g/mol. The van der Waals surface area contributed by atoms with E-state index >= 15 is 0 Å². The molecule has 0 aromatic carbocycles. The van der Waals surface area contributed by atoms with Crippen LogP contribution in [0, 0.1) is 0 Å². The lowest BCUT2D eigenvalue weighted by Crippen LogP contribution is -1.99. The summed E-state index contributed by atoms with van der Waals surface area (Å²) in [5, 5.41) is 27.8. The molecule has 0 aliphatic heterocycles. The van der Waals surface area contributed by atoms with Gasteiger partial charge < -0.3 is 21.1 Å². The van der Waals surface area contributed by atoms with Gasteiger partial charge in [0.05, 0.1) is 0 Å². The summed E-state index contributed by atoms with van der Waals surface area (Å²) >= 11 is 0. The molecule has 0 aliphatic rings. The molecule has 15 heavy (non-hydrogen) atoms. The predicted octanol–water partition coefficient (Wildman–Crippen LogP) is 1.12. The molecule has 0 bridgehead atoms. The largest absolute Gasteiger partial charge is 0.503 e. The van der Waals surface area contributed by atoms with Crippen molar-refractivity contribution >= 4 is 0 Å². The van der Waals surface area contributed by atoms with Crippen molar-refractivity contribution in [2.75, 3.05) is 6.54 Å². The normalized spacial score (nSPS) is 10.7. The van der Waals surface area contributed by atoms with Gasteiger partial charge in [-0.25, -0.2) is 0 Å². The zero-order valence-corrected chi connectivity index (χ0v) is 8.69. The molecule has 0 aliphatic carbocycles. The summed E-state index contributed by atoms with van der Waals surface area (Å²) in [7, 11) is 0. The van der Waals surface area contributed by atoms with Gasteiger partial charge >= 0.3 is 0 Å². The Bertz CT molecular complexity index is 310. The van der Waals surface area contributed by atoms with E-state index in [1.807, 2.05) is 0 Å². The first kappa shape index (κ1) is 11.7. The fourth-order valence-electron chi connectivity index (χ4n) is 1.50. The van der Waals surface area contributed by atoms with Crippen LogP contribution in [0.2, 0.25) is 0 Å². The van der Waals surface area contributed by atoms with Crippen molar-refractivity contribution < 1.29 is 15.3 Å². The SMILES string of the molecule is NCCCCCCn1c(O)cc(O)c1O. The predicted molar refractivity (Wildman–Crippen MR) is 56.9 cm³/mol. The first-order valence-corrected chi connectivity index (χ1v) is 5.17. The van der Waals surface area contributed by atoms with Crippen molar-refractivity contribution in [3.63, 3.8) is 0 Å². The smallest absolute Gasteiger partial charge is 0.237 e. The molecule has 0 unspecified atom stereocenters. The van der Waals surface area contributed by atoms with Crippen LogP contribution >= 0.6 is 0 Å². The fourth-order valence-corrected chi connectivity index (χ4v) is 1.50. The summed E-state index contributed by atoms with van der Waals surface area (Å²) < 4.78 is 1.29. The van der Waals surface area contributed by atoms with E-state index in [9.17, 15) is 10.2 Å². The van der Waals surface area contributed by atoms with Gasteiger partial charge in [0.25, 0.3) is 0 Å². The van der Waals surface area contributed by atoms with Crippen LogP contribution in [0.3, 0.4) is 0 Å². The molecule has 0 saturated carbocycles. The summed E-state index contributed by atoms with van der Waals surface area (Å²) in [6.07, 6.45) is 3.88. The van der Waals surface area contributed by atoms with Crippen LogP contribution < -0.4 is 5.73 Å². The van der Waals surface area contributed by atoms with Crippen LogP contribution in [0.25, 0.3) is 0 Å². The number of nitrogens with zero attached hydrogens (tertiary/aromatic N) is 1. The van der Waals surface area contributed by atoms with E-state index in [1.54, 1.807) is 0 Å². The Hall–Kier alpha value is -1.36. The van der Waals surface area contributed by atoms with Crippen molar-refractivity contribution in [1.29, 1.82) is 0 Å². The van der Waals surface area contributed by atoms with Gasteiger partial charge in [0.1, 0.15) is 0 Å². The third kappa shape index (κ3) is 3.06. The van der Waals surface area contributed by atoms with Gasteiger partial charge in [-0.05, 0) is 19.4 Å². The third-order valence-corrected chi connectivity index (χ3v) is 2.36. The van der Waals surface area contributed by atoms with Gasteiger partial charge in [-0.15, -0.1) is 0 Å². The number of aromatic nitrogens is 1. The quantitative estimate of drug-likeness (QED) is 0.534. The summed E-state index contributed by atoms with van der Waals surface area (Å²) in [6.45, 7) is 1.20. The highest BCUT2D eigenvalue weighted by atomic mass is 16.3. The van der Waals surface area contributed by atoms with E-state index in [-0.39, 0.29) is 17.5 Å². The van der Waals surface area contributed by atoms with Crippen LogP contribution in [0.4, 0.5) is 0 Å². The first-order valence-electron chi connectivity index (χ1n) is 5.17. The zero-order valence-electron chi connectivity index (χ0n) is 8.69. The molecule has 1 aromatic rings. The molecular formula is C10H18N2O3. The Balaban J connectivity index is 2.37. The Morgan fingerprint density at radius 2 is 1.73 bits per heavy atom. The number of hydrogen-bond acceptors (Lipinski definition) is 4. The zero-order chi connectivity index (χ0) is 11.3. The lowest BCUT2D eigenvalue weighted by Gasteiger charge is -2.05. The van der Waals surface area contributed by atoms with E-state index in [2.05, 4.69) is 0 Å². The van der Waals surface area contributed by atoms with Gasteiger partial charge in [0.15, 0.2) is 11.6 Å². The molecule has 1 rings (SSSR count). The molecule has 0 saturated heterocycles. The lowest BCUT2D eigenvalue weighted by atomic mass is 10.2. The summed E-state index contributed by atoms with van der Waals surface area (Å²) in [5.41, 5.74) is 5.36. The third-order valence-electron chi connectivity index (χ3n) is 2.36. The molecule has 5 heteroatoms. The minimum atomic E-state index is -0.283. The highest BCUT2D eigenvalue weighted by Gasteiger charge is 2.11. The van der Waals surface area contributed by atoms with Gasteiger partial charge in [-0.1, -0.05) is 12.8 Å². The fraction of sp³-hybridized carbons (Fsp3) is 0.600. The van der Waals surface area contributed by atoms with Crippen molar-refractivity contribution in [2.24, 2.45) is 5.73 Å². The van der Waals surface area contributed by atoms with Crippen LogP contribution in [0.5, 0.6) is 17.5 Å². The first-order chi connectivity index (χ1) is 7.16. The number of hydrogen-bond donors (Lipinski definition) is 4. The monoisotopic (exact) mass is 214 g/mol. The maximum absolute atomic E-state index is 9.35. The van der Waals surface area contributed by atoms with E-state index in [1.165, 1.54) is 4.57 Å². The molecule has 0 fully saturated rings. The topological polar surface area (TPSA) is 91.6 Å². The molecule has 1 aromatic heterocycles. The molecular weight excluding hydrogens is 196 g/mol.